The molecule has 0 radical (unpaired) electrons. The van der Waals surface area contributed by atoms with Gasteiger partial charge in [0.15, 0.2) is 11.3 Å². The van der Waals surface area contributed by atoms with Crippen molar-refractivity contribution in [3.05, 3.63) is 34.7 Å². The van der Waals surface area contributed by atoms with Gasteiger partial charge in [0.05, 0.1) is 13.7 Å². The van der Waals surface area contributed by atoms with Gasteiger partial charge < -0.3 is 13.9 Å². The van der Waals surface area contributed by atoms with Crippen molar-refractivity contribution in [1.29, 1.82) is 0 Å². The molecule has 0 N–H and O–H groups in total. The molecule has 2 rings (SSSR count). The second-order valence-corrected chi connectivity index (χ2v) is 3.20. The lowest BCUT2D eigenvalue weighted by Gasteiger charge is -2.10. The maximum absolute atomic E-state index is 11.2. The number of hydrogen-bond donors (Lipinski definition) is 0. The summed E-state index contributed by atoms with van der Waals surface area (Å²) in [6.07, 6.45) is 0. The van der Waals surface area contributed by atoms with Crippen LogP contribution in [0, 0.1) is 0 Å². The van der Waals surface area contributed by atoms with Gasteiger partial charge in [-0.25, -0.2) is 4.79 Å². The van der Waals surface area contributed by atoms with Gasteiger partial charge in [0.25, 0.3) is 0 Å². The molecular formula is C12H12O4. The van der Waals surface area contributed by atoms with E-state index in [0.29, 0.717) is 23.7 Å². The van der Waals surface area contributed by atoms with Crippen molar-refractivity contribution in [3.63, 3.8) is 0 Å². The SMILES string of the molecule is CCOc1c(OC)ccc2ccc(=O)oc12. The molecule has 0 fully saturated rings. The highest BCUT2D eigenvalue weighted by Gasteiger charge is 2.11. The quantitative estimate of drug-likeness (QED) is 0.744. The predicted octanol–water partition coefficient (Wildman–Crippen LogP) is 2.20. The van der Waals surface area contributed by atoms with Crippen molar-refractivity contribution >= 4 is 11.0 Å². The molecule has 0 spiro atoms. The smallest absolute Gasteiger partial charge is 0.336 e. The fourth-order valence-electron chi connectivity index (χ4n) is 1.53. The Morgan fingerprint density at radius 1 is 1.25 bits per heavy atom. The van der Waals surface area contributed by atoms with Crippen LogP contribution in [-0.4, -0.2) is 13.7 Å². The van der Waals surface area contributed by atoms with Gasteiger partial charge in [-0.15, -0.1) is 0 Å². The van der Waals surface area contributed by atoms with Crippen molar-refractivity contribution in [2.24, 2.45) is 0 Å². The molecule has 1 aromatic heterocycles. The predicted molar refractivity (Wildman–Crippen MR) is 60.2 cm³/mol. The van der Waals surface area contributed by atoms with Crippen LogP contribution in [-0.2, 0) is 0 Å². The Labute approximate surface area is 92.4 Å². The van der Waals surface area contributed by atoms with Gasteiger partial charge in [-0.2, -0.15) is 0 Å². The van der Waals surface area contributed by atoms with Gasteiger partial charge in [0, 0.05) is 11.5 Å². The van der Waals surface area contributed by atoms with Crippen LogP contribution in [0.2, 0.25) is 0 Å². The van der Waals surface area contributed by atoms with Crippen LogP contribution in [0.15, 0.2) is 33.5 Å². The average Bonchev–Trinajstić information content (AvgIpc) is 2.30. The molecule has 0 unspecified atom stereocenters. The molecule has 4 heteroatoms. The maximum atomic E-state index is 11.2. The van der Waals surface area contributed by atoms with Crippen LogP contribution in [0.4, 0.5) is 0 Å². The largest absolute Gasteiger partial charge is 0.493 e. The summed E-state index contributed by atoms with van der Waals surface area (Å²) in [4.78, 5) is 11.2. The van der Waals surface area contributed by atoms with Crippen LogP contribution in [0.1, 0.15) is 6.92 Å². The van der Waals surface area contributed by atoms with Crippen molar-refractivity contribution in [2.75, 3.05) is 13.7 Å². The first-order valence-electron chi connectivity index (χ1n) is 5.00. The minimum Gasteiger partial charge on any atom is -0.493 e. The monoisotopic (exact) mass is 220 g/mol. The third-order valence-electron chi connectivity index (χ3n) is 2.22. The topological polar surface area (TPSA) is 48.7 Å². The van der Waals surface area contributed by atoms with Crippen LogP contribution in [0.25, 0.3) is 11.0 Å². The molecule has 84 valence electrons. The number of methoxy groups -OCH3 is 1. The van der Waals surface area contributed by atoms with Crippen LogP contribution >= 0.6 is 0 Å². The van der Waals surface area contributed by atoms with Crippen molar-refractivity contribution < 1.29 is 13.9 Å². The molecule has 0 saturated heterocycles. The van der Waals surface area contributed by atoms with Gasteiger partial charge in [-0.05, 0) is 25.1 Å². The van der Waals surface area contributed by atoms with Crippen LogP contribution < -0.4 is 15.1 Å². The second kappa shape index (κ2) is 4.26. The number of rotatable bonds is 3. The van der Waals surface area contributed by atoms with E-state index in [9.17, 15) is 4.79 Å². The Morgan fingerprint density at radius 2 is 2.00 bits per heavy atom. The highest BCUT2D eigenvalue weighted by molar-refractivity contribution is 5.85. The molecule has 2 aromatic rings. The lowest BCUT2D eigenvalue weighted by molar-refractivity contribution is 0.309. The first kappa shape index (κ1) is 10.5. The highest BCUT2D eigenvalue weighted by Crippen LogP contribution is 2.34. The second-order valence-electron chi connectivity index (χ2n) is 3.20. The zero-order valence-corrected chi connectivity index (χ0v) is 9.15. The third kappa shape index (κ3) is 1.74. The summed E-state index contributed by atoms with van der Waals surface area (Å²) in [6.45, 7) is 2.34. The van der Waals surface area contributed by atoms with Gasteiger partial charge in [0.1, 0.15) is 0 Å². The highest BCUT2D eigenvalue weighted by atomic mass is 16.5. The van der Waals surface area contributed by atoms with E-state index in [1.165, 1.54) is 6.07 Å². The first-order chi connectivity index (χ1) is 7.76. The molecule has 0 aliphatic heterocycles. The van der Waals surface area contributed by atoms with E-state index in [4.69, 9.17) is 13.9 Å². The Kier molecular flexibility index (Phi) is 2.81. The first-order valence-corrected chi connectivity index (χ1v) is 5.00. The molecule has 1 aromatic carbocycles. The average molecular weight is 220 g/mol. The van der Waals surface area contributed by atoms with Crippen molar-refractivity contribution in [3.8, 4) is 11.5 Å². The number of benzene rings is 1. The summed E-state index contributed by atoms with van der Waals surface area (Å²) >= 11 is 0. The minimum atomic E-state index is -0.401. The van der Waals surface area contributed by atoms with Gasteiger partial charge in [-0.1, -0.05) is 0 Å². The molecule has 0 saturated carbocycles. The number of fused-ring (bicyclic) bond motifs is 1. The molecule has 0 atom stereocenters. The zero-order valence-electron chi connectivity index (χ0n) is 9.15. The van der Waals surface area contributed by atoms with Gasteiger partial charge >= 0.3 is 5.63 Å². The van der Waals surface area contributed by atoms with E-state index >= 15 is 0 Å². The molecule has 0 bridgehead atoms. The number of hydrogen-bond acceptors (Lipinski definition) is 4. The van der Waals surface area contributed by atoms with Gasteiger partial charge in [0.2, 0.25) is 5.75 Å². The summed E-state index contributed by atoms with van der Waals surface area (Å²) in [6, 6.07) is 6.68. The van der Waals surface area contributed by atoms with Crippen molar-refractivity contribution in [1.82, 2.24) is 0 Å². The van der Waals surface area contributed by atoms with E-state index in [-0.39, 0.29) is 0 Å². The lowest BCUT2D eigenvalue weighted by atomic mass is 10.2. The van der Waals surface area contributed by atoms with E-state index in [2.05, 4.69) is 0 Å². The van der Waals surface area contributed by atoms with Crippen molar-refractivity contribution in [2.45, 2.75) is 6.92 Å². The molecule has 0 aliphatic carbocycles. The molecule has 4 nitrogen and oxygen atoms in total. The van der Waals surface area contributed by atoms with E-state index in [1.807, 2.05) is 13.0 Å². The van der Waals surface area contributed by atoms with E-state index < -0.39 is 5.63 Å². The van der Waals surface area contributed by atoms with E-state index in [0.717, 1.165) is 5.39 Å². The summed E-state index contributed by atoms with van der Waals surface area (Å²) in [7, 11) is 1.55. The summed E-state index contributed by atoms with van der Waals surface area (Å²) in [5, 5.41) is 0.809. The zero-order chi connectivity index (χ0) is 11.5. The Bertz CT molecular complexity index is 556. The lowest BCUT2D eigenvalue weighted by Crippen LogP contribution is -2.00. The Morgan fingerprint density at radius 3 is 2.69 bits per heavy atom. The maximum Gasteiger partial charge on any atom is 0.336 e. The fourth-order valence-corrected chi connectivity index (χ4v) is 1.53. The number of ether oxygens (including phenoxy) is 2. The minimum absolute atomic E-state index is 0.401. The molecule has 0 amide bonds. The summed E-state index contributed by atoms with van der Waals surface area (Å²) < 4.78 is 15.7. The third-order valence-corrected chi connectivity index (χ3v) is 2.22. The standard InChI is InChI=1S/C12H12O4/c1-3-15-12-9(14-2)6-4-8-5-7-10(13)16-11(8)12/h4-7H,3H2,1-2H3. The Hall–Kier alpha value is -1.97. The van der Waals surface area contributed by atoms with Crippen LogP contribution in [0.5, 0.6) is 11.5 Å². The molecular weight excluding hydrogens is 208 g/mol. The molecule has 1 heterocycles. The molecule has 0 aliphatic rings. The van der Waals surface area contributed by atoms with E-state index in [1.54, 1.807) is 19.2 Å². The summed E-state index contributed by atoms with van der Waals surface area (Å²) in [5.74, 6) is 1.03. The normalized spacial score (nSPS) is 10.4. The van der Waals surface area contributed by atoms with Crippen LogP contribution in [0.3, 0.4) is 0 Å². The Balaban J connectivity index is 2.75. The van der Waals surface area contributed by atoms with Gasteiger partial charge in [-0.3, -0.25) is 0 Å². The summed E-state index contributed by atoms with van der Waals surface area (Å²) in [5.41, 5.74) is 0.0235. The molecule has 16 heavy (non-hydrogen) atoms. The fraction of sp³-hybridized carbons (Fsp3) is 0.250.